The van der Waals surface area contributed by atoms with Crippen LogP contribution in [-0.4, -0.2) is 0 Å². The molecule has 0 unspecified atom stereocenters. The Morgan fingerprint density at radius 3 is 2.22 bits per heavy atom. The molecule has 0 saturated heterocycles. The van der Waals surface area contributed by atoms with E-state index in [2.05, 4.69) is 20.1 Å². The predicted molar refractivity (Wildman–Crippen MR) is 42.0 cm³/mol. The van der Waals surface area contributed by atoms with E-state index in [4.69, 9.17) is 5.73 Å². The van der Waals surface area contributed by atoms with Crippen LogP contribution in [0, 0.1) is 0 Å². The van der Waals surface area contributed by atoms with Gasteiger partial charge in [-0.2, -0.15) is 0 Å². The van der Waals surface area contributed by atoms with E-state index < -0.39 is 0 Å². The number of allylic oxidation sites excluding steroid dienone is 2. The Morgan fingerprint density at radius 1 is 1.33 bits per heavy atom. The molecule has 9 heavy (non-hydrogen) atoms. The lowest BCUT2D eigenvalue weighted by molar-refractivity contribution is 0.873. The van der Waals surface area contributed by atoms with Crippen LogP contribution < -0.4 is 5.73 Å². The van der Waals surface area contributed by atoms with Crippen molar-refractivity contribution in [2.24, 2.45) is 5.73 Å². The molecule has 0 aliphatic carbocycles. The van der Waals surface area contributed by atoms with Gasteiger partial charge in [-0.15, -0.1) is 0 Å². The molecule has 52 valence electrons. The van der Waals surface area contributed by atoms with Gasteiger partial charge in [0.2, 0.25) is 0 Å². The van der Waals surface area contributed by atoms with Gasteiger partial charge in [-0.3, -0.25) is 0 Å². The maximum Gasteiger partial charge on any atom is 0.00106 e. The van der Waals surface area contributed by atoms with Crippen molar-refractivity contribution in [1.82, 2.24) is 0 Å². The van der Waals surface area contributed by atoms with Crippen molar-refractivity contribution in [2.45, 2.75) is 26.2 Å². The second-order valence-corrected chi connectivity index (χ2v) is 2.26. The summed E-state index contributed by atoms with van der Waals surface area (Å²) in [5.74, 6) is 0. The molecule has 0 amide bonds. The third-order valence-corrected chi connectivity index (χ3v) is 1.30. The van der Waals surface area contributed by atoms with Crippen molar-refractivity contribution >= 4 is 0 Å². The number of rotatable bonds is 4. The maximum atomic E-state index is 5.36. The van der Waals surface area contributed by atoms with Crippen molar-refractivity contribution in [3.05, 3.63) is 24.4 Å². The van der Waals surface area contributed by atoms with E-state index >= 15 is 0 Å². The normalized spacial score (nSPS) is 9.00. The van der Waals surface area contributed by atoms with Crippen molar-refractivity contribution < 1.29 is 0 Å². The summed E-state index contributed by atoms with van der Waals surface area (Å²) in [7, 11) is 0. The second-order valence-electron chi connectivity index (χ2n) is 2.26. The van der Waals surface area contributed by atoms with Gasteiger partial charge < -0.3 is 5.73 Å². The summed E-state index contributed by atoms with van der Waals surface area (Å²) >= 11 is 0. The van der Waals surface area contributed by atoms with E-state index in [1.165, 1.54) is 5.57 Å². The van der Waals surface area contributed by atoms with E-state index in [-0.39, 0.29) is 0 Å². The molecule has 0 aromatic carbocycles. The van der Waals surface area contributed by atoms with Crippen LogP contribution in [0.5, 0.6) is 0 Å². The Labute approximate surface area is 57.3 Å². The SMILES string of the molecule is C=C(N)CCC(=C)CC. The van der Waals surface area contributed by atoms with Crippen LogP contribution in [-0.2, 0) is 0 Å². The summed E-state index contributed by atoms with van der Waals surface area (Å²) in [5.41, 5.74) is 7.37. The number of hydrogen-bond donors (Lipinski definition) is 1. The van der Waals surface area contributed by atoms with Crippen LogP contribution in [0.15, 0.2) is 24.4 Å². The molecule has 0 fully saturated rings. The molecule has 0 aliphatic rings. The van der Waals surface area contributed by atoms with Crippen molar-refractivity contribution in [3.63, 3.8) is 0 Å². The largest absolute Gasteiger partial charge is 0.403 e. The van der Waals surface area contributed by atoms with E-state index in [1.54, 1.807) is 0 Å². The van der Waals surface area contributed by atoms with Gasteiger partial charge in [-0.05, 0) is 19.3 Å². The van der Waals surface area contributed by atoms with E-state index in [0.717, 1.165) is 25.0 Å². The molecule has 0 spiro atoms. The highest BCUT2D eigenvalue weighted by molar-refractivity contribution is 4.98. The molecule has 0 aliphatic heterocycles. The van der Waals surface area contributed by atoms with Crippen molar-refractivity contribution in [2.75, 3.05) is 0 Å². The van der Waals surface area contributed by atoms with Gasteiger partial charge in [0, 0.05) is 5.70 Å². The lowest BCUT2D eigenvalue weighted by Crippen LogP contribution is -1.94. The summed E-state index contributed by atoms with van der Waals surface area (Å²) in [6.07, 6.45) is 2.92. The van der Waals surface area contributed by atoms with E-state index in [1.807, 2.05) is 0 Å². The zero-order valence-corrected chi connectivity index (χ0v) is 6.11. The van der Waals surface area contributed by atoms with Gasteiger partial charge in [-0.1, -0.05) is 25.7 Å². The fourth-order valence-electron chi connectivity index (χ4n) is 0.514. The van der Waals surface area contributed by atoms with Crippen LogP contribution in [0.2, 0.25) is 0 Å². The third kappa shape index (κ3) is 5.15. The molecule has 0 atom stereocenters. The molecule has 1 nitrogen and oxygen atoms in total. The highest BCUT2D eigenvalue weighted by Crippen LogP contribution is 2.07. The van der Waals surface area contributed by atoms with Crippen LogP contribution in [0.3, 0.4) is 0 Å². The summed E-state index contributed by atoms with van der Waals surface area (Å²) in [6.45, 7) is 9.55. The predicted octanol–water partition coefficient (Wildman–Crippen LogP) is 2.21. The van der Waals surface area contributed by atoms with Crippen LogP contribution in [0.4, 0.5) is 0 Å². The third-order valence-electron chi connectivity index (χ3n) is 1.30. The highest BCUT2D eigenvalue weighted by Gasteiger charge is 1.90. The van der Waals surface area contributed by atoms with Gasteiger partial charge in [0.05, 0.1) is 0 Å². The van der Waals surface area contributed by atoms with E-state index in [0.29, 0.717) is 0 Å². The van der Waals surface area contributed by atoms with Gasteiger partial charge in [0.25, 0.3) is 0 Å². The molecule has 0 radical (unpaired) electrons. The average molecular weight is 125 g/mol. The molecule has 0 bridgehead atoms. The lowest BCUT2D eigenvalue weighted by atomic mass is 10.1. The topological polar surface area (TPSA) is 26.0 Å². The first-order chi connectivity index (χ1) is 4.16. The molecular formula is C8H15N. The average Bonchev–Trinajstić information content (AvgIpc) is 1.83. The molecule has 1 heteroatoms. The van der Waals surface area contributed by atoms with Crippen LogP contribution in [0.25, 0.3) is 0 Å². The Morgan fingerprint density at radius 2 is 1.89 bits per heavy atom. The quantitative estimate of drug-likeness (QED) is 0.573. The van der Waals surface area contributed by atoms with Crippen molar-refractivity contribution in [3.8, 4) is 0 Å². The lowest BCUT2D eigenvalue weighted by Gasteiger charge is -1.99. The summed E-state index contributed by atoms with van der Waals surface area (Å²) in [5, 5.41) is 0. The first-order valence-corrected chi connectivity index (χ1v) is 3.26. The van der Waals surface area contributed by atoms with E-state index in [9.17, 15) is 0 Å². The highest BCUT2D eigenvalue weighted by atomic mass is 14.5. The van der Waals surface area contributed by atoms with Gasteiger partial charge in [-0.25, -0.2) is 0 Å². The first-order valence-electron chi connectivity index (χ1n) is 3.26. The minimum absolute atomic E-state index is 0.754. The zero-order chi connectivity index (χ0) is 7.28. The molecule has 2 N–H and O–H groups in total. The molecule has 0 aromatic rings. The zero-order valence-electron chi connectivity index (χ0n) is 6.11. The smallest absolute Gasteiger partial charge is 0.00106 e. The van der Waals surface area contributed by atoms with Gasteiger partial charge in [0.1, 0.15) is 0 Å². The number of nitrogens with two attached hydrogens (primary N) is 1. The fraction of sp³-hybridized carbons (Fsp3) is 0.500. The molecule has 0 aromatic heterocycles. The minimum atomic E-state index is 0.754. The van der Waals surface area contributed by atoms with Gasteiger partial charge in [0.15, 0.2) is 0 Å². The minimum Gasteiger partial charge on any atom is -0.403 e. The summed E-state index contributed by atoms with van der Waals surface area (Å²) < 4.78 is 0. The Kier molecular flexibility index (Phi) is 3.85. The molecular weight excluding hydrogens is 110 g/mol. The van der Waals surface area contributed by atoms with Crippen molar-refractivity contribution in [1.29, 1.82) is 0 Å². The molecule has 0 rings (SSSR count). The fourth-order valence-corrected chi connectivity index (χ4v) is 0.514. The standard InChI is InChI=1S/C8H15N/c1-4-7(2)5-6-8(3)9/h2-6,9H2,1H3. The maximum absolute atomic E-state index is 5.36. The Balaban J connectivity index is 3.28. The number of hydrogen-bond acceptors (Lipinski definition) is 1. The molecule has 0 heterocycles. The van der Waals surface area contributed by atoms with Crippen LogP contribution in [0.1, 0.15) is 26.2 Å². The first kappa shape index (κ1) is 8.28. The van der Waals surface area contributed by atoms with Crippen LogP contribution >= 0.6 is 0 Å². The summed E-state index contributed by atoms with van der Waals surface area (Å²) in [4.78, 5) is 0. The Hall–Kier alpha value is -0.720. The Bertz CT molecular complexity index is 114. The molecule has 0 saturated carbocycles. The summed E-state index contributed by atoms with van der Waals surface area (Å²) in [6, 6.07) is 0. The monoisotopic (exact) mass is 125 g/mol. The van der Waals surface area contributed by atoms with Gasteiger partial charge >= 0.3 is 0 Å². The second kappa shape index (κ2) is 4.19.